The number of nitrogens with two attached hydrogens (primary N) is 1. The molecule has 38 heavy (non-hydrogen) atoms. The Kier molecular flexibility index (Phi) is 7.02. The number of methoxy groups -OCH3 is 1. The van der Waals surface area contributed by atoms with Crippen molar-refractivity contribution in [1.82, 2.24) is 24.6 Å². The molecule has 0 radical (unpaired) electrons. The first-order valence-electron chi connectivity index (χ1n) is 12.9. The van der Waals surface area contributed by atoms with E-state index in [9.17, 15) is 14.4 Å². The van der Waals surface area contributed by atoms with E-state index in [0.717, 1.165) is 48.8 Å². The maximum absolute atomic E-state index is 13.4. The Hall–Kier alpha value is -3.99. The van der Waals surface area contributed by atoms with Gasteiger partial charge in [0, 0.05) is 24.7 Å². The van der Waals surface area contributed by atoms with E-state index in [-0.39, 0.29) is 29.1 Å². The molecule has 2 aliphatic rings. The van der Waals surface area contributed by atoms with Crippen LogP contribution in [0.5, 0.6) is 5.88 Å². The molecule has 11 nitrogen and oxygen atoms in total. The monoisotopic (exact) mass is 519 g/mol. The number of rotatable bonds is 5. The van der Waals surface area contributed by atoms with Crippen molar-refractivity contribution < 1.29 is 19.1 Å². The fourth-order valence-electron chi connectivity index (χ4n) is 5.48. The SMILES string of the molecule is COc1ncc(NC(=O)C(=O)N2C[C@@H](C)CC[C@@H]2c2ccc3nn([C@@H]4CCN(C)C4)cc3c2)cc1C(N)=O. The van der Waals surface area contributed by atoms with Crippen LogP contribution >= 0.6 is 0 Å². The average molecular weight is 520 g/mol. The van der Waals surface area contributed by atoms with Crippen molar-refractivity contribution in [2.24, 2.45) is 11.7 Å². The standard InChI is InChI=1S/C27H33N7O4/c1-16-4-7-23(17-5-6-22-18(10-17)14-34(31-22)20-8-9-32(2)15-20)33(13-16)27(37)25(36)30-19-11-21(24(28)35)26(38-3)29-12-19/h5-6,10-12,14,16,20,23H,4,7-9,13,15H2,1-3H3,(H2,28,35)(H,30,36)/t16-,20+,23+/m0/s1. The lowest BCUT2D eigenvalue weighted by Crippen LogP contribution is -2.46. The summed E-state index contributed by atoms with van der Waals surface area (Å²) < 4.78 is 7.10. The summed E-state index contributed by atoms with van der Waals surface area (Å²) in [7, 11) is 3.48. The van der Waals surface area contributed by atoms with Crippen LogP contribution in [0.3, 0.4) is 0 Å². The van der Waals surface area contributed by atoms with Gasteiger partial charge in [-0.25, -0.2) is 4.98 Å². The summed E-state index contributed by atoms with van der Waals surface area (Å²) in [5.74, 6) is -1.88. The molecule has 3 amide bonds. The molecule has 2 saturated heterocycles. The van der Waals surface area contributed by atoms with Crippen LogP contribution in [0.2, 0.25) is 0 Å². The first-order valence-corrected chi connectivity index (χ1v) is 12.9. The zero-order chi connectivity index (χ0) is 27.0. The highest BCUT2D eigenvalue weighted by Gasteiger charge is 2.34. The number of nitrogens with one attached hydrogen (secondary N) is 1. The van der Waals surface area contributed by atoms with E-state index < -0.39 is 17.7 Å². The molecule has 1 aromatic carbocycles. The van der Waals surface area contributed by atoms with Crippen LogP contribution < -0.4 is 15.8 Å². The van der Waals surface area contributed by atoms with Crippen molar-refractivity contribution in [3.05, 3.63) is 47.8 Å². The Bertz CT molecular complexity index is 1390. The highest BCUT2D eigenvalue weighted by Crippen LogP contribution is 2.35. The Morgan fingerprint density at radius 1 is 1.13 bits per heavy atom. The fraction of sp³-hybridized carbons (Fsp3) is 0.444. The molecule has 0 aliphatic carbocycles. The number of likely N-dealkylation sites (tertiary alicyclic amines) is 2. The van der Waals surface area contributed by atoms with Gasteiger partial charge >= 0.3 is 11.8 Å². The molecular weight excluding hydrogens is 486 g/mol. The number of hydrogen-bond acceptors (Lipinski definition) is 7. The van der Waals surface area contributed by atoms with Gasteiger partial charge in [0.2, 0.25) is 5.88 Å². The summed E-state index contributed by atoms with van der Waals surface area (Å²) in [6, 6.07) is 7.56. The number of benzene rings is 1. The molecule has 4 heterocycles. The molecule has 0 bridgehead atoms. The van der Waals surface area contributed by atoms with E-state index in [1.54, 1.807) is 4.90 Å². The van der Waals surface area contributed by atoms with Gasteiger partial charge in [0.1, 0.15) is 5.56 Å². The third-order valence-corrected chi connectivity index (χ3v) is 7.51. The van der Waals surface area contributed by atoms with Crippen molar-refractivity contribution in [3.63, 3.8) is 0 Å². The number of ether oxygens (including phenoxy) is 1. The quantitative estimate of drug-likeness (QED) is 0.494. The summed E-state index contributed by atoms with van der Waals surface area (Å²) in [5, 5.41) is 8.38. The van der Waals surface area contributed by atoms with Gasteiger partial charge < -0.3 is 25.6 Å². The summed E-state index contributed by atoms with van der Waals surface area (Å²) in [6.07, 6.45) is 6.18. The third-order valence-electron chi connectivity index (χ3n) is 7.51. The van der Waals surface area contributed by atoms with Crippen molar-refractivity contribution >= 4 is 34.3 Å². The molecule has 3 aromatic rings. The van der Waals surface area contributed by atoms with Gasteiger partial charge in [-0.15, -0.1) is 0 Å². The van der Waals surface area contributed by atoms with Gasteiger partial charge in [-0.2, -0.15) is 5.10 Å². The second-order valence-electron chi connectivity index (χ2n) is 10.4. The molecule has 0 saturated carbocycles. The molecular formula is C27H33N7O4. The van der Waals surface area contributed by atoms with Crippen LogP contribution in [0.1, 0.15) is 54.2 Å². The normalized spacial score (nSPS) is 22.0. The number of anilines is 1. The Morgan fingerprint density at radius 3 is 2.66 bits per heavy atom. The smallest absolute Gasteiger partial charge is 0.313 e. The van der Waals surface area contributed by atoms with Crippen LogP contribution in [-0.4, -0.2) is 76.1 Å². The summed E-state index contributed by atoms with van der Waals surface area (Å²) in [6.45, 7) is 4.58. The van der Waals surface area contributed by atoms with E-state index >= 15 is 0 Å². The van der Waals surface area contributed by atoms with E-state index in [2.05, 4.69) is 46.1 Å². The van der Waals surface area contributed by atoms with Gasteiger partial charge in [0.15, 0.2) is 0 Å². The lowest BCUT2D eigenvalue weighted by Gasteiger charge is -2.38. The van der Waals surface area contributed by atoms with Gasteiger partial charge in [-0.05, 0) is 62.5 Å². The molecule has 200 valence electrons. The molecule has 3 N–H and O–H groups in total. The van der Waals surface area contributed by atoms with Crippen molar-refractivity contribution in [2.45, 2.75) is 38.3 Å². The molecule has 2 fully saturated rings. The molecule has 5 rings (SSSR count). The molecule has 2 aliphatic heterocycles. The molecule has 0 spiro atoms. The highest BCUT2D eigenvalue weighted by atomic mass is 16.5. The minimum Gasteiger partial charge on any atom is -0.480 e. The van der Waals surface area contributed by atoms with Gasteiger partial charge in [0.25, 0.3) is 5.91 Å². The zero-order valence-electron chi connectivity index (χ0n) is 21.9. The number of amides is 3. The van der Waals surface area contributed by atoms with Crippen LogP contribution in [0.25, 0.3) is 10.9 Å². The number of fused-ring (bicyclic) bond motifs is 1. The molecule has 3 atom stereocenters. The summed E-state index contributed by atoms with van der Waals surface area (Å²) in [5.41, 5.74) is 7.49. The number of aromatic nitrogens is 3. The fourth-order valence-corrected chi connectivity index (χ4v) is 5.48. The van der Waals surface area contributed by atoms with E-state index in [4.69, 9.17) is 15.6 Å². The number of carbonyl (C=O) groups is 3. The number of carbonyl (C=O) groups excluding carboxylic acids is 3. The lowest BCUT2D eigenvalue weighted by atomic mass is 9.89. The number of piperidine rings is 1. The van der Waals surface area contributed by atoms with Crippen LogP contribution in [0, 0.1) is 5.92 Å². The van der Waals surface area contributed by atoms with Crippen LogP contribution in [0.15, 0.2) is 36.7 Å². The zero-order valence-corrected chi connectivity index (χ0v) is 21.9. The molecule has 11 heteroatoms. The van der Waals surface area contributed by atoms with Gasteiger partial charge in [-0.3, -0.25) is 19.1 Å². The lowest BCUT2D eigenvalue weighted by molar-refractivity contribution is -0.146. The average Bonchev–Trinajstić information content (AvgIpc) is 3.53. The number of primary amides is 1. The van der Waals surface area contributed by atoms with Gasteiger partial charge in [0.05, 0.1) is 36.6 Å². The Labute approximate surface area is 220 Å². The summed E-state index contributed by atoms with van der Waals surface area (Å²) in [4.78, 5) is 46.1. The first-order chi connectivity index (χ1) is 18.2. The Balaban J connectivity index is 1.37. The van der Waals surface area contributed by atoms with E-state index in [0.29, 0.717) is 12.6 Å². The molecule has 2 aromatic heterocycles. The van der Waals surface area contributed by atoms with E-state index in [1.807, 2.05) is 12.1 Å². The first kappa shape index (κ1) is 25.7. The minimum atomic E-state index is -0.800. The highest BCUT2D eigenvalue weighted by molar-refractivity contribution is 6.39. The maximum Gasteiger partial charge on any atom is 0.313 e. The second-order valence-corrected chi connectivity index (χ2v) is 10.4. The van der Waals surface area contributed by atoms with Crippen molar-refractivity contribution in [3.8, 4) is 5.88 Å². The third kappa shape index (κ3) is 5.06. The number of likely N-dealkylation sites (N-methyl/N-ethyl adjacent to an activating group) is 1. The van der Waals surface area contributed by atoms with Crippen LogP contribution in [-0.2, 0) is 9.59 Å². The topological polar surface area (TPSA) is 136 Å². The predicted molar refractivity (Wildman–Crippen MR) is 142 cm³/mol. The summed E-state index contributed by atoms with van der Waals surface area (Å²) >= 11 is 0. The second kappa shape index (κ2) is 10.4. The number of pyridine rings is 1. The van der Waals surface area contributed by atoms with Crippen molar-refractivity contribution in [1.29, 1.82) is 0 Å². The molecule has 0 unspecified atom stereocenters. The number of hydrogen-bond donors (Lipinski definition) is 2. The number of nitrogens with zero attached hydrogens (tertiary/aromatic N) is 5. The maximum atomic E-state index is 13.4. The van der Waals surface area contributed by atoms with E-state index in [1.165, 1.54) is 19.4 Å². The van der Waals surface area contributed by atoms with Crippen LogP contribution in [0.4, 0.5) is 5.69 Å². The largest absolute Gasteiger partial charge is 0.480 e. The Morgan fingerprint density at radius 2 is 1.95 bits per heavy atom. The predicted octanol–water partition coefficient (Wildman–Crippen LogP) is 2.35. The minimum absolute atomic E-state index is 0.0142. The van der Waals surface area contributed by atoms with Gasteiger partial charge in [-0.1, -0.05) is 13.0 Å². The van der Waals surface area contributed by atoms with Crippen molar-refractivity contribution in [2.75, 3.05) is 39.1 Å².